The average molecular weight is 410 g/mol. The summed E-state index contributed by atoms with van der Waals surface area (Å²) in [6, 6.07) is 16.8. The molecule has 95 valence electrons. The van der Waals surface area contributed by atoms with Gasteiger partial charge in [-0.15, -0.1) is 35.9 Å². The molecule has 1 heterocycles. The maximum Gasteiger partial charge on any atom is 0.0319 e. The largest absolute Gasteiger partial charge is 0.400 e. The molecule has 0 unspecified atom stereocenters. The van der Waals surface area contributed by atoms with Crippen molar-refractivity contribution in [3.8, 4) is 11.3 Å². The van der Waals surface area contributed by atoms with Gasteiger partial charge in [0.2, 0.25) is 0 Å². The molecule has 0 fully saturated rings. The van der Waals surface area contributed by atoms with Gasteiger partial charge in [0.15, 0.2) is 0 Å². The Balaban J connectivity index is 0. The zero-order valence-electron chi connectivity index (χ0n) is 9.79. The van der Waals surface area contributed by atoms with Crippen molar-refractivity contribution >= 4 is 0 Å². The minimum absolute atomic E-state index is 0. The van der Waals surface area contributed by atoms with E-state index in [0.717, 1.165) is 25.5 Å². The van der Waals surface area contributed by atoms with Gasteiger partial charge in [0.1, 0.15) is 0 Å². The molecular weight excluding hydrogens is 394 g/mol. The average Bonchev–Trinajstić information content (AvgIpc) is 2.45. The molecule has 0 amide bonds. The zero-order chi connectivity index (χ0) is 12.2. The van der Waals surface area contributed by atoms with Crippen LogP contribution in [0.25, 0.3) is 11.3 Å². The van der Waals surface area contributed by atoms with Crippen LogP contribution in [0.5, 0.6) is 0 Å². The summed E-state index contributed by atoms with van der Waals surface area (Å²) in [5.41, 5.74) is 2.01. The Morgan fingerprint density at radius 3 is 2.06 bits per heavy atom. The van der Waals surface area contributed by atoms with Crippen molar-refractivity contribution in [1.29, 1.82) is 0 Å². The fourth-order valence-corrected chi connectivity index (χ4v) is 1.07. The van der Waals surface area contributed by atoms with Crippen molar-refractivity contribution in [2.45, 2.75) is 0 Å². The van der Waals surface area contributed by atoms with Crippen LogP contribution in [0.15, 0.2) is 48.7 Å². The van der Waals surface area contributed by atoms with Gasteiger partial charge in [0.25, 0.3) is 0 Å². The SMILES string of the molecule is CO.CO.[Ir].[c-]1ccccc1-c1ccccn1. The summed E-state index contributed by atoms with van der Waals surface area (Å²) in [5, 5.41) is 14.0. The van der Waals surface area contributed by atoms with Gasteiger partial charge < -0.3 is 15.2 Å². The van der Waals surface area contributed by atoms with Gasteiger partial charge in [0, 0.05) is 40.5 Å². The summed E-state index contributed by atoms with van der Waals surface area (Å²) in [4.78, 5) is 4.22. The molecule has 1 aromatic carbocycles. The van der Waals surface area contributed by atoms with Crippen molar-refractivity contribution in [3.05, 3.63) is 54.7 Å². The molecule has 0 atom stereocenters. The first kappa shape index (κ1) is 18.3. The summed E-state index contributed by atoms with van der Waals surface area (Å²) < 4.78 is 0. The molecule has 2 aromatic rings. The van der Waals surface area contributed by atoms with Crippen molar-refractivity contribution < 1.29 is 30.3 Å². The molecule has 0 aliphatic rings. The van der Waals surface area contributed by atoms with E-state index in [4.69, 9.17) is 10.2 Å². The van der Waals surface area contributed by atoms with E-state index < -0.39 is 0 Å². The maximum atomic E-state index is 7.00. The van der Waals surface area contributed by atoms with E-state index in [1.165, 1.54) is 0 Å². The number of pyridine rings is 1. The number of benzene rings is 1. The van der Waals surface area contributed by atoms with Gasteiger partial charge in [0.05, 0.1) is 0 Å². The van der Waals surface area contributed by atoms with Crippen molar-refractivity contribution in [2.75, 3.05) is 14.2 Å². The van der Waals surface area contributed by atoms with E-state index in [1.54, 1.807) is 6.20 Å². The van der Waals surface area contributed by atoms with E-state index in [9.17, 15) is 0 Å². The van der Waals surface area contributed by atoms with Crippen LogP contribution in [0.3, 0.4) is 0 Å². The van der Waals surface area contributed by atoms with E-state index in [0.29, 0.717) is 0 Å². The molecule has 3 nitrogen and oxygen atoms in total. The number of aromatic nitrogens is 1. The van der Waals surface area contributed by atoms with Crippen LogP contribution in [0.1, 0.15) is 0 Å². The van der Waals surface area contributed by atoms with Gasteiger partial charge in [-0.05, 0) is 11.8 Å². The topological polar surface area (TPSA) is 53.4 Å². The first-order valence-corrected chi connectivity index (χ1v) is 4.74. The molecule has 0 aliphatic heterocycles. The third kappa shape index (κ3) is 6.97. The Hall–Kier alpha value is -1.06. The quantitative estimate of drug-likeness (QED) is 0.705. The summed E-state index contributed by atoms with van der Waals surface area (Å²) in [6.45, 7) is 0. The summed E-state index contributed by atoms with van der Waals surface area (Å²) in [6.07, 6.45) is 1.79. The minimum atomic E-state index is 0. The molecule has 1 aromatic heterocycles. The molecular formula is C13H16IrNO2-. The van der Waals surface area contributed by atoms with Crippen LogP contribution in [0.4, 0.5) is 0 Å². The summed E-state index contributed by atoms with van der Waals surface area (Å²) >= 11 is 0. The Bertz CT molecular complexity index is 317. The number of hydrogen-bond donors (Lipinski definition) is 2. The predicted octanol–water partition coefficient (Wildman–Crippen LogP) is 1.76. The summed E-state index contributed by atoms with van der Waals surface area (Å²) in [7, 11) is 2.00. The molecule has 1 radical (unpaired) electrons. The third-order valence-electron chi connectivity index (χ3n) is 1.65. The van der Waals surface area contributed by atoms with E-state index in [-0.39, 0.29) is 20.1 Å². The van der Waals surface area contributed by atoms with Gasteiger partial charge in [-0.25, -0.2) is 0 Å². The van der Waals surface area contributed by atoms with Crippen molar-refractivity contribution in [1.82, 2.24) is 4.98 Å². The molecule has 0 saturated heterocycles. The Labute approximate surface area is 116 Å². The van der Waals surface area contributed by atoms with E-state index >= 15 is 0 Å². The fourth-order valence-electron chi connectivity index (χ4n) is 1.07. The zero-order valence-corrected chi connectivity index (χ0v) is 12.2. The maximum absolute atomic E-state index is 7.00. The predicted molar refractivity (Wildman–Crippen MR) is 64.8 cm³/mol. The number of hydrogen-bond acceptors (Lipinski definition) is 3. The van der Waals surface area contributed by atoms with Gasteiger partial charge in [-0.2, -0.15) is 0 Å². The smallest absolute Gasteiger partial charge is 0.0319 e. The number of rotatable bonds is 1. The van der Waals surface area contributed by atoms with Crippen LogP contribution in [-0.2, 0) is 20.1 Å². The van der Waals surface area contributed by atoms with Crippen LogP contribution in [-0.4, -0.2) is 29.4 Å². The fraction of sp³-hybridized carbons (Fsp3) is 0.154. The first-order valence-electron chi connectivity index (χ1n) is 4.74. The van der Waals surface area contributed by atoms with E-state index in [2.05, 4.69) is 11.1 Å². The molecule has 17 heavy (non-hydrogen) atoms. The van der Waals surface area contributed by atoms with Crippen molar-refractivity contribution in [2.24, 2.45) is 0 Å². The molecule has 2 rings (SSSR count). The van der Waals surface area contributed by atoms with Crippen LogP contribution < -0.4 is 0 Å². The molecule has 2 N–H and O–H groups in total. The second-order valence-electron chi connectivity index (χ2n) is 2.49. The second-order valence-corrected chi connectivity index (χ2v) is 2.49. The Morgan fingerprint density at radius 1 is 0.941 bits per heavy atom. The van der Waals surface area contributed by atoms with Gasteiger partial charge in [-0.1, -0.05) is 12.1 Å². The minimum Gasteiger partial charge on any atom is -0.400 e. The van der Waals surface area contributed by atoms with E-state index in [1.807, 2.05) is 42.5 Å². The monoisotopic (exact) mass is 411 g/mol. The van der Waals surface area contributed by atoms with Crippen LogP contribution in [0.2, 0.25) is 0 Å². The molecule has 4 heteroatoms. The normalized spacial score (nSPS) is 7.53. The van der Waals surface area contributed by atoms with Crippen LogP contribution in [0, 0.1) is 6.07 Å². The van der Waals surface area contributed by atoms with Crippen molar-refractivity contribution in [3.63, 3.8) is 0 Å². The van der Waals surface area contributed by atoms with Crippen LogP contribution >= 0.6 is 0 Å². The molecule has 0 saturated carbocycles. The Morgan fingerprint density at radius 2 is 1.59 bits per heavy atom. The number of aliphatic hydroxyl groups is 2. The van der Waals surface area contributed by atoms with Gasteiger partial charge in [-0.3, -0.25) is 0 Å². The molecule has 0 spiro atoms. The molecule has 0 bridgehead atoms. The molecule has 0 aliphatic carbocycles. The summed E-state index contributed by atoms with van der Waals surface area (Å²) in [5.74, 6) is 0. The number of nitrogens with zero attached hydrogens (tertiary/aromatic N) is 1. The third-order valence-corrected chi connectivity index (χ3v) is 1.65. The standard InChI is InChI=1S/C11H8N.2CH4O.Ir/c1-2-6-10(7-3-1)11-8-4-5-9-12-11;2*1-2;/h1-6,8-9H;2*2H,1H3;/q-1;;;. The van der Waals surface area contributed by atoms with Gasteiger partial charge >= 0.3 is 0 Å². The number of aliphatic hydroxyl groups excluding tert-OH is 2. The first-order chi connectivity index (χ1) is 7.97. The second kappa shape index (κ2) is 13.0. The Kier molecular flexibility index (Phi) is 14.0.